The molecule has 4 aliphatic heterocycles. The number of benzene rings is 3. The number of amides is 6. The minimum absolute atomic E-state index is 0. The summed E-state index contributed by atoms with van der Waals surface area (Å²) in [6, 6.07) is 8.34. The van der Waals surface area contributed by atoms with Crippen LogP contribution in [0.2, 0.25) is 0 Å². The Morgan fingerprint density at radius 3 is 1.94 bits per heavy atom. The number of methoxy groups -OCH3 is 2. The highest BCUT2D eigenvalue weighted by Gasteiger charge is 2.50. The fourth-order valence-electron chi connectivity index (χ4n) is 13.8. The van der Waals surface area contributed by atoms with E-state index in [0.29, 0.717) is 16.5 Å². The molecule has 5 heterocycles. The summed E-state index contributed by atoms with van der Waals surface area (Å²) >= 11 is 1.42. The summed E-state index contributed by atoms with van der Waals surface area (Å²) in [5.41, 5.74) is 3.72. The van der Waals surface area contributed by atoms with Gasteiger partial charge in [0.05, 0.1) is 74.6 Å². The molecule has 6 amide bonds. The zero-order chi connectivity index (χ0) is 68.3. The van der Waals surface area contributed by atoms with Crippen LogP contribution < -0.4 is 41.5 Å². The lowest BCUT2D eigenvalue weighted by Crippen LogP contribution is -2.64. The summed E-state index contributed by atoms with van der Waals surface area (Å²) in [5.74, 6) is -6.81. The lowest BCUT2D eigenvalue weighted by molar-refractivity contribution is -0.147. The number of aromatic nitrogens is 2. The molecule has 31 heteroatoms. The highest BCUT2D eigenvalue weighted by molar-refractivity contribution is 7.17. The van der Waals surface area contributed by atoms with Crippen LogP contribution in [0.25, 0.3) is 21.1 Å². The number of aromatic hydroxyl groups is 1. The topological polar surface area (TPSA) is 411 Å². The average Bonchev–Trinajstić information content (AvgIpc) is 1.78. The van der Waals surface area contributed by atoms with Crippen LogP contribution in [0, 0.1) is 11.8 Å². The number of rotatable bonds is 20. The van der Waals surface area contributed by atoms with E-state index in [9.17, 15) is 74.7 Å². The van der Waals surface area contributed by atoms with Gasteiger partial charge in [-0.05, 0) is 105 Å². The number of fused-ring (bicyclic) bond motifs is 2. The summed E-state index contributed by atoms with van der Waals surface area (Å²) in [7, 11) is 3.15. The van der Waals surface area contributed by atoms with Crippen molar-refractivity contribution in [3.63, 3.8) is 0 Å². The molecule has 9 rings (SSSR count). The molecule has 536 valence electrons. The number of phenols is 1. The Hall–Kier alpha value is -6.42. The summed E-state index contributed by atoms with van der Waals surface area (Å²) in [6.45, 7) is 2.10. The Morgan fingerprint density at radius 2 is 1.32 bits per heavy atom. The Labute approximate surface area is 580 Å². The Balaban J connectivity index is 0.00000663. The number of nitrogens with zero attached hydrogens (tertiary/aromatic N) is 5. The van der Waals surface area contributed by atoms with Gasteiger partial charge in [0.2, 0.25) is 35.4 Å². The number of anilines is 1. The van der Waals surface area contributed by atoms with Crippen molar-refractivity contribution < 1.29 is 84.2 Å². The molecule has 13 atom stereocenters. The number of β-amino-alcohol motifs (C(OH)–C–C–N with tert-alkyl or cyclic N) is 1. The number of carbonyl (C=O) groups excluding carboxylic acids is 6. The van der Waals surface area contributed by atoms with Gasteiger partial charge >= 0.3 is 0 Å². The monoisotopic (exact) mass is 1420 g/mol. The number of phenolic OH excluding ortho intramolecular Hbond substituents is 1. The SMILES string of the molecule is COc1cc(C[C@@H](O)[C@@H]2NC(=O)[C@@H]3C[C@@H](O)CN3C(=O)[C@H]([C@@H](C)O)NC(=O)[C@@H](NCc3ccc(-c4nnc(-c5ccc(N6CCC(OC)(C7CCCCC7)CC6)cc5)s4)cc3)C[C@@H](O)CNC(=O)[C@@H]3[C@@H](O)[C@@H](C)CN3C(=O)[C@H]([C@H](O)CCNC(CO)CO)NC2=O)ccc1O.Cl.Cl. The first-order chi connectivity index (χ1) is 45.5. The van der Waals surface area contributed by atoms with Crippen LogP contribution in [0.4, 0.5) is 5.69 Å². The Bertz CT molecular complexity index is 3250. The van der Waals surface area contributed by atoms with Gasteiger partial charge in [-0.1, -0.05) is 67.9 Å². The molecule has 4 saturated heterocycles. The van der Waals surface area contributed by atoms with E-state index < -0.39 is 166 Å². The molecule has 5 fully saturated rings. The molecular formula is C66H95Cl2N11O17S. The molecule has 4 aromatic rings. The van der Waals surface area contributed by atoms with Crippen molar-refractivity contribution in [2.24, 2.45) is 11.8 Å². The molecule has 28 nitrogen and oxygen atoms in total. The van der Waals surface area contributed by atoms with E-state index in [-0.39, 0.29) is 73.5 Å². The third-order valence-corrected chi connectivity index (χ3v) is 20.5. The predicted octanol–water partition coefficient (Wildman–Crippen LogP) is -0.363. The van der Waals surface area contributed by atoms with E-state index in [1.165, 1.54) is 75.7 Å². The van der Waals surface area contributed by atoms with Crippen molar-refractivity contribution in [2.75, 3.05) is 71.6 Å². The van der Waals surface area contributed by atoms with Gasteiger partial charge in [-0.15, -0.1) is 35.0 Å². The molecule has 0 bridgehead atoms. The number of aliphatic hydroxyl groups is 8. The predicted molar refractivity (Wildman–Crippen MR) is 363 cm³/mol. The van der Waals surface area contributed by atoms with Crippen molar-refractivity contribution in [1.29, 1.82) is 0 Å². The standard InChI is InChI=1S/C66H93N11O17S.2ClH/c1-36-32-77-56(57(36)86)61(90)69-31-45(81)28-47(68-30-38-10-13-40(14-11-38)62-73-74-63(95-62)41-15-17-44(18-16-41)75-24-21-66(94-4,22-25-75)42-8-6-5-7-9-42)58(87)70-53(37(2)80)64(91)76-33-46(82)29-48(76)59(88)71-54(51(85)26-39-12-19-49(83)52(27-39)93-3)60(89)72-55(65(77)92)50(84)20-23-67-43(34-78)35-79;;/h10-19,27,36-37,42-43,45-48,50-51,53-57,67-68,78-86H,5-9,20-26,28-35H2,1-4H3,(H,69,90)(H,70,87)(H,71,88)(H,72,89);2*1H/t36-,37+,45+,46+,47-,48-,50+,51+,53-,54-,55-,56-,57-;;/m0../s1. The normalized spacial score (nSPS) is 26.6. The first kappa shape index (κ1) is 77.9. The second kappa shape index (κ2) is 35.6. The number of hydrogen-bond donors (Lipinski definition) is 15. The Kier molecular flexibility index (Phi) is 28.6. The van der Waals surface area contributed by atoms with Crippen LogP contribution in [-0.2, 0) is 46.5 Å². The fraction of sp³-hybridized carbons (Fsp3) is 0.606. The van der Waals surface area contributed by atoms with Crippen LogP contribution in [0.3, 0.4) is 0 Å². The van der Waals surface area contributed by atoms with Crippen LogP contribution in [-0.4, -0.2) is 253 Å². The van der Waals surface area contributed by atoms with E-state index in [1.807, 2.05) is 19.2 Å². The minimum atomic E-state index is -2.04. The van der Waals surface area contributed by atoms with Crippen molar-refractivity contribution in [2.45, 2.75) is 176 Å². The molecule has 97 heavy (non-hydrogen) atoms. The molecule has 3 aromatic carbocycles. The molecule has 0 radical (unpaired) electrons. The maximum Gasteiger partial charge on any atom is 0.248 e. The smallest absolute Gasteiger partial charge is 0.248 e. The summed E-state index contributed by atoms with van der Waals surface area (Å²) in [5, 5.41) is 125. The van der Waals surface area contributed by atoms with Gasteiger partial charge < -0.3 is 102 Å². The van der Waals surface area contributed by atoms with Gasteiger partial charge in [0.15, 0.2) is 11.5 Å². The van der Waals surface area contributed by atoms with Gasteiger partial charge in [-0.25, -0.2) is 0 Å². The van der Waals surface area contributed by atoms with Gasteiger partial charge in [0, 0.05) is 82.0 Å². The number of piperidine rings is 1. The largest absolute Gasteiger partial charge is 0.504 e. The van der Waals surface area contributed by atoms with E-state index in [4.69, 9.17) is 9.47 Å². The minimum Gasteiger partial charge on any atom is -0.504 e. The highest BCUT2D eigenvalue weighted by atomic mass is 35.5. The fourth-order valence-corrected chi connectivity index (χ4v) is 14.6. The highest BCUT2D eigenvalue weighted by Crippen LogP contribution is 2.43. The van der Waals surface area contributed by atoms with Crippen LogP contribution in [0.5, 0.6) is 11.5 Å². The van der Waals surface area contributed by atoms with Crippen molar-refractivity contribution in [3.8, 4) is 32.6 Å². The lowest BCUT2D eigenvalue weighted by atomic mass is 9.72. The van der Waals surface area contributed by atoms with Crippen molar-refractivity contribution in [3.05, 3.63) is 77.9 Å². The van der Waals surface area contributed by atoms with E-state index in [2.05, 4.69) is 71.3 Å². The average molecular weight is 1420 g/mol. The quantitative estimate of drug-likeness (QED) is 0.0537. The second-order valence-corrected chi connectivity index (χ2v) is 26.9. The molecule has 1 saturated carbocycles. The zero-order valence-electron chi connectivity index (χ0n) is 54.9. The molecule has 15 N–H and O–H groups in total. The van der Waals surface area contributed by atoms with Gasteiger partial charge in [-0.2, -0.15) is 0 Å². The number of hydrogen-bond acceptors (Lipinski definition) is 23. The first-order valence-corrected chi connectivity index (χ1v) is 33.6. The zero-order valence-corrected chi connectivity index (χ0v) is 57.4. The Morgan fingerprint density at radius 1 is 0.711 bits per heavy atom. The summed E-state index contributed by atoms with van der Waals surface area (Å²) in [4.78, 5) is 92.4. The molecule has 1 aromatic heterocycles. The van der Waals surface area contributed by atoms with Crippen LogP contribution in [0.1, 0.15) is 89.2 Å². The molecule has 0 spiro atoms. The number of carbonyl (C=O) groups is 6. The maximum absolute atomic E-state index is 15.0. The van der Waals surface area contributed by atoms with Crippen LogP contribution in [0.15, 0.2) is 66.7 Å². The van der Waals surface area contributed by atoms with Crippen molar-refractivity contribution >= 4 is 77.3 Å². The third kappa shape index (κ3) is 18.9. The second-order valence-electron chi connectivity index (χ2n) is 26.0. The molecule has 5 aliphatic rings. The van der Waals surface area contributed by atoms with Crippen LogP contribution >= 0.6 is 36.2 Å². The molecule has 0 unspecified atom stereocenters. The van der Waals surface area contributed by atoms with E-state index in [1.54, 1.807) is 19.1 Å². The van der Waals surface area contributed by atoms with Gasteiger partial charge in [-0.3, -0.25) is 28.8 Å². The first-order valence-electron chi connectivity index (χ1n) is 32.8. The van der Waals surface area contributed by atoms with Crippen molar-refractivity contribution in [1.82, 2.24) is 51.9 Å². The number of aliphatic hydroxyl groups excluding tert-OH is 8. The molecule has 1 aliphatic carbocycles. The summed E-state index contributed by atoms with van der Waals surface area (Å²) < 4.78 is 11.5. The van der Waals surface area contributed by atoms with Gasteiger partial charge in [0.25, 0.3) is 0 Å². The number of halogens is 2. The van der Waals surface area contributed by atoms with Gasteiger partial charge in [0.1, 0.15) is 40.2 Å². The maximum atomic E-state index is 15.0. The van der Waals surface area contributed by atoms with E-state index in [0.717, 1.165) is 57.6 Å². The number of nitrogens with one attached hydrogen (secondary N) is 6. The number of ether oxygens (including phenoxy) is 2. The third-order valence-electron chi connectivity index (χ3n) is 19.5. The summed E-state index contributed by atoms with van der Waals surface area (Å²) in [6.07, 6.45) is -3.13. The van der Waals surface area contributed by atoms with E-state index >= 15 is 0 Å². The lowest BCUT2D eigenvalue weighted by Gasteiger charge is -2.47. The molecular weight excluding hydrogens is 1320 g/mol.